The van der Waals surface area contributed by atoms with Gasteiger partial charge in [-0.2, -0.15) is 0 Å². The van der Waals surface area contributed by atoms with E-state index in [-0.39, 0.29) is 5.82 Å². The van der Waals surface area contributed by atoms with E-state index in [1.165, 1.54) is 11.3 Å². The van der Waals surface area contributed by atoms with Crippen molar-refractivity contribution in [2.24, 2.45) is 0 Å². The molecular weight excluding hydrogens is 313 g/mol. The Morgan fingerprint density at radius 3 is 2.20 bits per heavy atom. The first-order chi connectivity index (χ1) is 12.2. The van der Waals surface area contributed by atoms with Gasteiger partial charge in [-0.25, -0.2) is 4.39 Å². The molecule has 1 heterocycles. The first kappa shape index (κ1) is 17.7. The quantitative estimate of drug-likeness (QED) is 0.865. The van der Waals surface area contributed by atoms with Crippen molar-refractivity contribution in [1.82, 2.24) is 0 Å². The Labute approximate surface area is 150 Å². The van der Waals surface area contributed by atoms with Gasteiger partial charge in [-0.1, -0.05) is 24.3 Å². The van der Waals surface area contributed by atoms with Crippen LogP contribution in [0.4, 0.5) is 15.8 Å². The zero-order valence-corrected chi connectivity index (χ0v) is 15.3. The molecule has 0 aliphatic carbocycles. The average molecular weight is 342 g/mol. The van der Waals surface area contributed by atoms with Crippen LogP contribution in [0.15, 0.2) is 48.5 Å². The first-order valence-corrected chi connectivity index (χ1v) is 9.38. The van der Waals surface area contributed by atoms with Crippen molar-refractivity contribution in [1.29, 1.82) is 0 Å². The highest BCUT2D eigenvalue weighted by Crippen LogP contribution is 2.18. The van der Waals surface area contributed by atoms with Crippen molar-refractivity contribution in [3.05, 3.63) is 59.9 Å². The minimum absolute atomic E-state index is 0.113. The molecule has 2 aromatic carbocycles. The van der Waals surface area contributed by atoms with Crippen molar-refractivity contribution in [3.63, 3.8) is 0 Å². The summed E-state index contributed by atoms with van der Waals surface area (Å²) < 4.78 is 13.9. The van der Waals surface area contributed by atoms with Crippen LogP contribution < -0.4 is 14.7 Å². The summed E-state index contributed by atoms with van der Waals surface area (Å²) in [5.74, 6) is -0.113. The molecule has 0 unspecified atom stereocenters. The Hall–Kier alpha value is -2.07. The molecule has 25 heavy (non-hydrogen) atoms. The molecule has 0 spiro atoms. The van der Waals surface area contributed by atoms with Crippen molar-refractivity contribution in [2.75, 3.05) is 49.1 Å². The molecule has 0 aromatic heterocycles. The fourth-order valence-electron chi connectivity index (χ4n) is 3.65. The lowest BCUT2D eigenvalue weighted by Gasteiger charge is -2.33. The number of halogens is 1. The Kier molecular flexibility index (Phi) is 5.92. The number of quaternary nitrogens is 1. The Morgan fingerprint density at radius 1 is 0.960 bits per heavy atom. The molecule has 1 aliphatic heterocycles. The molecular formula is C21H29FN3+. The maximum Gasteiger partial charge on any atom is 0.146 e. The minimum Gasteiger partial charge on any atom is -0.372 e. The number of hydrogen-bond acceptors (Lipinski definition) is 2. The predicted octanol–water partition coefficient (Wildman–Crippen LogP) is 2.58. The maximum absolute atomic E-state index is 13.9. The highest BCUT2D eigenvalue weighted by Gasteiger charge is 2.22. The third-order valence-corrected chi connectivity index (χ3v) is 5.18. The largest absolute Gasteiger partial charge is 0.372 e. The van der Waals surface area contributed by atoms with Gasteiger partial charge in [0.15, 0.2) is 0 Å². The molecule has 0 saturated carbocycles. The van der Waals surface area contributed by atoms with Crippen LogP contribution in [0.1, 0.15) is 19.4 Å². The monoisotopic (exact) mass is 342 g/mol. The summed E-state index contributed by atoms with van der Waals surface area (Å²) in [5, 5.41) is 0. The third-order valence-electron chi connectivity index (χ3n) is 5.18. The number of nitrogens with zero attached hydrogens (tertiary/aromatic N) is 2. The van der Waals surface area contributed by atoms with Crippen LogP contribution in [0.5, 0.6) is 0 Å². The molecule has 0 bridgehead atoms. The van der Waals surface area contributed by atoms with Gasteiger partial charge in [0.2, 0.25) is 0 Å². The van der Waals surface area contributed by atoms with Crippen molar-refractivity contribution < 1.29 is 9.29 Å². The summed E-state index contributed by atoms with van der Waals surface area (Å²) in [6.45, 7) is 11.4. The van der Waals surface area contributed by atoms with Crippen LogP contribution in [0.3, 0.4) is 0 Å². The van der Waals surface area contributed by atoms with Gasteiger partial charge in [-0.3, -0.25) is 0 Å². The van der Waals surface area contributed by atoms with Crippen LogP contribution in [-0.4, -0.2) is 39.3 Å². The van der Waals surface area contributed by atoms with Gasteiger partial charge < -0.3 is 14.7 Å². The summed E-state index contributed by atoms with van der Waals surface area (Å²) in [6.07, 6.45) is 0. The Bertz CT molecular complexity index is 659. The van der Waals surface area contributed by atoms with E-state index < -0.39 is 0 Å². The molecule has 1 N–H and O–H groups in total. The van der Waals surface area contributed by atoms with Crippen LogP contribution >= 0.6 is 0 Å². The van der Waals surface area contributed by atoms with Crippen LogP contribution in [0.25, 0.3) is 0 Å². The zero-order chi connectivity index (χ0) is 17.6. The van der Waals surface area contributed by atoms with E-state index in [4.69, 9.17) is 0 Å². The molecule has 1 aliphatic rings. The van der Waals surface area contributed by atoms with E-state index in [9.17, 15) is 4.39 Å². The second-order valence-corrected chi connectivity index (χ2v) is 6.70. The van der Waals surface area contributed by atoms with Gasteiger partial charge >= 0.3 is 0 Å². The van der Waals surface area contributed by atoms with Crippen molar-refractivity contribution in [2.45, 2.75) is 20.4 Å². The number of piperazine rings is 1. The number of benzene rings is 2. The van der Waals surface area contributed by atoms with E-state index in [1.807, 2.05) is 12.1 Å². The molecule has 3 nitrogen and oxygen atoms in total. The van der Waals surface area contributed by atoms with Gasteiger partial charge in [-0.15, -0.1) is 0 Å². The summed E-state index contributed by atoms with van der Waals surface area (Å²) in [5.41, 5.74) is 3.42. The van der Waals surface area contributed by atoms with Gasteiger partial charge in [0, 0.05) is 24.3 Å². The number of anilines is 2. The molecule has 0 amide bonds. The zero-order valence-electron chi connectivity index (χ0n) is 15.3. The van der Waals surface area contributed by atoms with Gasteiger partial charge in [0.1, 0.15) is 12.4 Å². The fourth-order valence-corrected chi connectivity index (χ4v) is 3.65. The standard InChI is InChI=1S/C21H28FN3/c1-3-24(4-2)19-11-9-18(10-12-19)17-23-13-15-25(16-14-23)21-8-6-5-7-20(21)22/h5-12H,3-4,13-17H2,1-2H3/p+1. The third kappa shape index (κ3) is 4.31. The number of rotatable bonds is 6. The Morgan fingerprint density at radius 2 is 1.60 bits per heavy atom. The summed E-state index contributed by atoms with van der Waals surface area (Å²) in [4.78, 5) is 6.11. The first-order valence-electron chi connectivity index (χ1n) is 9.38. The van der Waals surface area contributed by atoms with Crippen LogP contribution in [0, 0.1) is 5.82 Å². The van der Waals surface area contributed by atoms with Gasteiger partial charge in [0.05, 0.1) is 31.9 Å². The lowest BCUT2D eigenvalue weighted by molar-refractivity contribution is -0.914. The van der Waals surface area contributed by atoms with E-state index in [2.05, 4.69) is 47.9 Å². The van der Waals surface area contributed by atoms with Gasteiger partial charge in [0.25, 0.3) is 0 Å². The van der Waals surface area contributed by atoms with E-state index in [0.717, 1.165) is 51.5 Å². The molecule has 1 saturated heterocycles. The highest BCUT2D eigenvalue weighted by molar-refractivity contribution is 5.48. The normalized spacial score (nSPS) is 15.4. The molecule has 2 aromatic rings. The second-order valence-electron chi connectivity index (χ2n) is 6.70. The summed E-state index contributed by atoms with van der Waals surface area (Å²) in [6, 6.07) is 16.1. The smallest absolute Gasteiger partial charge is 0.146 e. The highest BCUT2D eigenvalue weighted by atomic mass is 19.1. The fraction of sp³-hybridized carbons (Fsp3) is 0.429. The van der Waals surface area contributed by atoms with Crippen LogP contribution in [-0.2, 0) is 6.54 Å². The minimum atomic E-state index is -0.113. The van der Waals surface area contributed by atoms with E-state index in [1.54, 1.807) is 17.0 Å². The Balaban J connectivity index is 1.55. The maximum atomic E-state index is 13.9. The van der Waals surface area contributed by atoms with Crippen LogP contribution in [0.2, 0.25) is 0 Å². The summed E-state index contributed by atoms with van der Waals surface area (Å²) in [7, 11) is 0. The van der Waals surface area contributed by atoms with Crippen molar-refractivity contribution >= 4 is 11.4 Å². The lowest BCUT2D eigenvalue weighted by Crippen LogP contribution is -3.13. The molecule has 3 rings (SSSR count). The SMILES string of the molecule is CCN(CC)c1ccc(C[NH+]2CCN(c3ccccc3F)CC2)cc1. The molecule has 1 fully saturated rings. The molecule has 0 radical (unpaired) electrons. The average Bonchev–Trinajstić information content (AvgIpc) is 2.65. The van der Waals surface area contributed by atoms with Gasteiger partial charge in [-0.05, 0) is 38.1 Å². The molecule has 134 valence electrons. The van der Waals surface area contributed by atoms with E-state index >= 15 is 0 Å². The summed E-state index contributed by atoms with van der Waals surface area (Å²) >= 11 is 0. The topological polar surface area (TPSA) is 10.9 Å². The lowest BCUT2D eigenvalue weighted by atomic mass is 10.1. The van der Waals surface area contributed by atoms with E-state index in [0.29, 0.717) is 0 Å². The molecule has 0 atom stereocenters. The second kappa shape index (κ2) is 8.34. The molecule has 4 heteroatoms. The number of hydrogen-bond donors (Lipinski definition) is 1. The van der Waals surface area contributed by atoms with Crippen molar-refractivity contribution in [3.8, 4) is 0 Å². The number of nitrogens with one attached hydrogen (secondary N) is 1. The number of para-hydroxylation sites is 1. The predicted molar refractivity (Wildman–Crippen MR) is 103 cm³/mol.